The molecular formula is C25H33PS. The molecule has 0 aliphatic heterocycles. The van der Waals surface area contributed by atoms with Crippen molar-refractivity contribution in [1.82, 2.24) is 0 Å². The summed E-state index contributed by atoms with van der Waals surface area (Å²) in [6.45, 7) is 2.25. The van der Waals surface area contributed by atoms with E-state index < -0.39 is 0 Å². The van der Waals surface area contributed by atoms with Gasteiger partial charge < -0.3 is 0 Å². The minimum absolute atomic E-state index is 0.0757. The highest BCUT2D eigenvalue weighted by molar-refractivity contribution is 7.80. The van der Waals surface area contributed by atoms with Crippen LogP contribution in [0.2, 0.25) is 0 Å². The van der Waals surface area contributed by atoms with E-state index >= 15 is 0 Å². The first kappa shape index (κ1) is 19.5. The maximum Gasteiger partial charge on any atom is 0.00430 e. The maximum absolute atomic E-state index is 4.55. The number of hydrogen-bond acceptors (Lipinski definition) is 1. The van der Waals surface area contributed by atoms with E-state index in [0.29, 0.717) is 0 Å². The van der Waals surface area contributed by atoms with Gasteiger partial charge in [-0.2, -0.15) is 0 Å². The van der Waals surface area contributed by atoms with Gasteiger partial charge >= 0.3 is 0 Å². The smallest absolute Gasteiger partial charge is 0.00430 e. The second-order valence-corrected chi connectivity index (χ2v) is 11.8. The molecule has 0 radical (unpaired) electrons. The van der Waals surface area contributed by atoms with E-state index in [1.54, 1.807) is 5.30 Å². The summed E-state index contributed by atoms with van der Waals surface area (Å²) in [5.41, 5.74) is 6.18. The monoisotopic (exact) mass is 396 g/mol. The van der Waals surface area contributed by atoms with E-state index in [9.17, 15) is 0 Å². The van der Waals surface area contributed by atoms with Gasteiger partial charge in [0, 0.05) is 4.90 Å². The summed E-state index contributed by atoms with van der Waals surface area (Å²) in [6.07, 6.45) is 14.6. The first-order valence-electron chi connectivity index (χ1n) is 10.9. The predicted octanol–water partition coefficient (Wildman–Crippen LogP) is 7.72. The Hall–Kier alpha value is -0.780. The molecule has 2 aromatic carbocycles. The van der Waals surface area contributed by atoms with Gasteiger partial charge in [-0.25, -0.2) is 0 Å². The molecule has 144 valence electrons. The van der Waals surface area contributed by atoms with Crippen LogP contribution in [0.3, 0.4) is 0 Å². The Morgan fingerprint density at radius 2 is 1.33 bits per heavy atom. The number of aryl methyl sites for hydroxylation is 1. The number of rotatable bonds is 4. The predicted molar refractivity (Wildman–Crippen MR) is 124 cm³/mol. The Morgan fingerprint density at radius 3 is 1.93 bits per heavy atom. The summed E-state index contributed by atoms with van der Waals surface area (Å²) in [4.78, 5) is 1.07. The molecular weight excluding hydrogens is 363 g/mol. The highest BCUT2D eigenvalue weighted by Crippen LogP contribution is 2.56. The van der Waals surface area contributed by atoms with Crippen molar-refractivity contribution in [3.8, 4) is 11.1 Å². The molecule has 0 nitrogen and oxygen atoms in total. The first-order chi connectivity index (χ1) is 13.2. The zero-order chi connectivity index (χ0) is 18.6. The SMILES string of the molecule is Cc1cc(S)ccc1-c1ccccc1P(C1CCCCC1)C1CCCCC1. The van der Waals surface area contributed by atoms with Gasteiger partial charge in [-0.3, -0.25) is 0 Å². The van der Waals surface area contributed by atoms with E-state index in [0.717, 1.165) is 16.2 Å². The van der Waals surface area contributed by atoms with Crippen molar-refractivity contribution in [2.45, 2.75) is 87.3 Å². The van der Waals surface area contributed by atoms with Crippen molar-refractivity contribution < 1.29 is 0 Å². The Labute approximate surface area is 172 Å². The summed E-state index contributed by atoms with van der Waals surface area (Å²) >= 11 is 4.55. The summed E-state index contributed by atoms with van der Waals surface area (Å²) < 4.78 is 0. The largest absolute Gasteiger partial charge is 0.143 e. The molecule has 2 fully saturated rings. The van der Waals surface area contributed by atoms with Crippen molar-refractivity contribution in [3.63, 3.8) is 0 Å². The minimum atomic E-state index is -0.0757. The van der Waals surface area contributed by atoms with Gasteiger partial charge in [-0.1, -0.05) is 76.8 Å². The van der Waals surface area contributed by atoms with E-state index in [2.05, 4.69) is 62.0 Å². The second-order valence-electron chi connectivity index (χ2n) is 8.51. The molecule has 0 unspecified atom stereocenters. The third kappa shape index (κ3) is 4.46. The lowest BCUT2D eigenvalue weighted by Gasteiger charge is -2.39. The summed E-state index contributed by atoms with van der Waals surface area (Å²) in [7, 11) is -0.0757. The molecule has 2 saturated carbocycles. The van der Waals surface area contributed by atoms with Crippen LogP contribution in [0.1, 0.15) is 69.8 Å². The quantitative estimate of drug-likeness (QED) is 0.397. The highest BCUT2D eigenvalue weighted by Gasteiger charge is 2.33. The normalized spacial score (nSPS) is 19.5. The summed E-state index contributed by atoms with van der Waals surface area (Å²) in [6, 6.07) is 16.1. The maximum atomic E-state index is 4.55. The van der Waals surface area contributed by atoms with Crippen LogP contribution >= 0.6 is 20.6 Å². The van der Waals surface area contributed by atoms with E-state index in [1.807, 2.05) is 0 Å². The van der Waals surface area contributed by atoms with Gasteiger partial charge in [0.15, 0.2) is 0 Å². The van der Waals surface area contributed by atoms with Crippen LogP contribution < -0.4 is 5.30 Å². The average molecular weight is 397 g/mol. The van der Waals surface area contributed by atoms with Crippen LogP contribution in [0.5, 0.6) is 0 Å². The van der Waals surface area contributed by atoms with E-state index in [1.165, 1.54) is 80.9 Å². The molecule has 2 aromatic rings. The average Bonchev–Trinajstić information content (AvgIpc) is 2.71. The van der Waals surface area contributed by atoms with Gasteiger partial charge in [-0.05, 0) is 78.1 Å². The van der Waals surface area contributed by atoms with Gasteiger partial charge in [0.1, 0.15) is 0 Å². The standard InChI is InChI=1S/C25H33PS/c1-19-18-22(27)16-17-23(19)24-14-8-9-15-25(24)26(20-10-4-2-5-11-20)21-12-6-3-7-13-21/h8-9,14-18,20-21,27H,2-7,10-13H2,1H3. The summed E-state index contributed by atoms with van der Waals surface area (Å²) in [5.74, 6) is 0. The zero-order valence-electron chi connectivity index (χ0n) is 16.7. The molecule has 0 saturated heterocycles. The minimum Gasteiger partial charge on any atom is -0.143 e. The molecule has 4 rings (SSSR count). The Morgan fingerprint density at radius 1 is 0.741 bits per heavy atom. The Bertz CT molecular complexity index is 739. The van der Waals surface area contributed by atoms with Crippen molar-refractivity contribution in [2.75, 3.05) is 0 Å². The summed E-state index contributed by atoms with van der Waals surface area (Å²) in [5, 5.41) is 1.70. The zero-order valence-corrected chi connectivity index (χ0v) is 18.5. The Balaban J connectivity index is 1.77. The van der Waals surface area contributed by atoms with Crippen LogP contribution in [0, 0.1) is 6.92 Å². The van der Waals surface area contributed by atoms with Gasteiger partial charge in [0.25, 0.3) is 0 Å². The molecule has 0 N–H and O–H groups in total. The van der Waals surface area contributed by atoms with Crippen molar-refractivity contribution in [1.29, 1.82) is 0 Å². The fraction of sp³-hybridized carbons (Fsp3) is 0.520. The molecule has 0 aromatic heterocycles. The first-order valence-corrected chi connectivity index (χ1v) is 12.8. The van der Waals surface area contributed by atoms with Crippen LogP contribution in [0.4, 0.5) is 0 Å². The molecule has 2 aliphatic carbocycles. The molecule has 2 heteroatoms. The van der Waals surface area contributed by atoms with Gasteiger partial charge in [0.2, 0.25) is 0 Å². The fourth-order valence-corrected chi connectivity index (χ4v) is 9.51. The Kier molecular flexibility index (Phi) is 6.62. The molecule has 2 aliphatic rings. The van der Waals surface area contributed by atoms with Crippen LogP contribution in [-0.2, 0) is 0 Å². The van der Waals surface area contributed by atoms with Crippen LogP contribution in [0.25, 0.3) is 11.1 Å². The van der Waals surface area contributed by atoms with Gasteiger partial charge in [0.05, 0.1) is 0 Å². The molecule has 0 atom stereocenters. The second kappa shape index (κ2) is 9.15. The third-order valence-corrected chi connectivity index (χ3v) is 10.4. The number of thiol groups is 1. The van der Waals surface area contributed by atoms with Crippen LogP contribution in [-0.4, -0.2) is 11.3 Å². The lowest BCUT2D eigenvalue weighted by molar-refractivity contribution is 0.487. The molecule has 0 amide bonds. The van der Waals surface area contributed by atoms with Gasteiger partial charge in [-0.15, -0.1) is 12.6 Å². The topological polar surface area (TPSA) is 0 Å². The van der Waals surface area contributed by atoms with E-state index in [-0.39, 0.29) is 7.92 Å². The molecule has 0 heterocycles. The lowest BCUT2D eigenvalue weighted by atomic mass is 9.99. The number of hydrogen-bond donors (Lipinski definition) is 1. The van der Waals surface area contributed by atoms with Crippen LogP contribution in [0.15, 0.2) is 47.4 Å². The van der Waals surface area contributed by atoms with Crippen molar-refractivity contribution in [3.05, 3.63) is 48.0 Å². The molecule has 0 bridgehead atoms. The molecule has 0 spiro atoms. The van der Waals surface area contributed by atoms with E-state index in [4.69, 9.17) is 0 Å². The molecule has 27 heavy (non-hydrogen) atoms. The lowest BCUT2D eigenvalue weighted by Crippen LogP contribution is -2.27. The van der Waals surface area contributed by atoms with Crippen molar-refractivity contribution >= 4 is 25.9 Å². The fourth-order valence-electron chi connectivity index (χ4n) is 5.29. The third-order valence-electron chi connectivity index (χ3n) is 6.62. The van der Waals surface area contributed by atoms with Crippen molar-refractivity contribution in [2.24, 2.45) is 0 Å². The number of benzene rings is 2. The highest BCUT2D eigenvalue weighted by atomic mass is 32.1.